The van der Waals surface area contributed by atoms with Crippen molar-refractivity contribution in [1.82, 2.24) is 4.98 Å². The number of hydrogen-bond donors (Lipinski definition) is 1. The van der Waals surface area contributed by atoms with E-state index in [0.29, 0.717) is 0 Å². The average molecular weight is 513 g/mol. The number of sulfonamides is 1. The van der Waals surface area contributed by atoms with E-state index in [4.69, 9.17) is 0 Å². The highest BCUT2D eigenvalue weighted by molar-refractivity contribution is 7.92. The molecular formula is C23H17F6N3O2S. The van der Waals surface area contributed by atoms with Crippen LogP contribution in [0.1, 0.15) is 29.7 Å². The SMILES string of the molecule is O=S(=O)(c1ccc(C2(C(F)(F)F)CC2)cc1)N1Cc2ccc(C(F)(F)F)nc2Nc2ccccc21. The van der Waals surface area contributed by atoms with Gasteiger partial charge in [-0.25, -0.2) is 13.4 Å². The molecule has 2 heterocycles. The minimum Gasteiger partial charge on any atom is -0.338 e. The Bertz CT molecular complexity index is 1400. The van der Waals surface area contributed by atoms with E-state index in [2.05, 4.69) is 10.3 Å². The van der Waals surface area contributed by atoms with Crippen LogP contribution in [-0.4, -0.2) is 19.6 Å². The number of halogens is 6. The summed E-state index contributed by atoms with van der Waals surface area (Å²) in [6.45, 7) is -0.332. The van der Waals surface area contributed by atoms with Crippen LogP contribution in [0.25, 0.3) is 0 Å². The Morgan fingerprint density at radius 3 is 2.14 bits per heavy atom. The summed E-state index contributed by atoms with van der Waals surface area (Å²) in [6.07, 6.45) is -9.24. The minimum absolute atomic E-state index is 0.00360. The van der Waals surface area contributed by atoms with E-state index >= 15 is 0 Å². The van der Waals surface area contributed by atoms with Crippen LogP contribution in [0.3, 0.4) is 0 Å². The van der Waals surface area contributed by atoms with E-state index in [1.165, 1.54) is 24.3 Å². The van der Waals surface area contributed by atoms with Gasteiger partial charge in [0.15, 0.2) is 0 Å². The molecule has 0 spiro atoms. The second-order valence-electron chi connectivity index (χ2n) is 8.46. The zero-order chi connectivity index (χ0) is 25.2. The highest BCUT2D eigenvalue weighted by Gasteiger charge is 2.64. The molecule has 3 aromatic rings. The molecule has 2 aliphatic rings. The molecule has 1 aromatic heterocycles. The Morgan fingerprint density at radius 1 is 0.886 bits per heavy atom. The molecule has 1 N–H and O–H groups in total. The molecule has 5 nitrogen and oxygen atoms in total. The van der Waals surface area contributed by atoms with Crippen molar-refractivity contribution >= 4 is 27.2 Å². The number of para-hydroxylation sites is 2. The number of pyridine rings is 1. The summed E-state index contributed by atoms with van der Waals surface area (Å²) < 4.78 is 108. The number of nitrogens with zero attached hydrogens (tertiary/aromatic N) is 2. The molecule has 1 aliphatic heterocycles. The molecule has 5 rings (SSSR count). The van der Waals surface area contributed by atoms with E-state index < -0.39 is 33.5 Å². The summed E-state index contributed by atoms with van der Waals surface area (Å²) in [5, 5.41) is 2.78. The third kappa shape index (κ3) is 3.89. The first-order chi connectivity index (χ1) is 16.3. The number of rotatable bonds is 3. The molecule has 0 amide bonds. The van der Waals surface area contributed by atoms with E-state index in [1.54, 1.807) is 12.1 Å². The Balaban J connectivity index is 1.56. The predicted molar refractivity (Wildman–Crippen MR) is 116 cm³/mol. The van der Waals surface area contributed by atoms with Crippen LogP contribution in [0.5, 0.6) is 0 Å². The lowest BCUT2D eigenvalue weighted by molar-refractivity contribution is -0.160. The van der Waals surface area contributed by atoms with Crippen LogP contribution >= 0.6 is 0 Å². The van der Waals surface area contributed by atoms with Gasteiger partial charge in [0.05, 0.1) is 28.2 Å². The van der Waals surface area contributed by atoms with Crippen LogP contribution in [0.2, 0.25) is 0 Å². The van der Waals surface area contributed by atoms with Crippen molar-refractivity contribution in [2.45, 2.75) is 42.0 Å². The molecule has 2 aromatic carbocycles. The van der Waals surface area contributed by atoms with E-state index in [-0.39, 0.29) is 52.6 Å². The van der Waals surface area contributed by atoms with Gasteiger partial charge in [-0.1, -0.05) is 30.3 Å². The quantitative estimate of drug-likeness (QED) is 0.427. The maximum atomic E-state index is 13.6. The van der Waals surface area contributed by atoms with E-state index in [0.717, 1.165) is 28.6 Å². The van der Waals surface area contributed by atoms with Crippen LogP contribution < -0.4 is 9.62 Å². The van der Waals surface area contributed by atoms with Crippen molar-refractivity contribution in [2.24, 2.45) is 0 Å². The molecule has 1 aliphatic carbocycles. The first-order valence-electron chi connectivity index (χ1n) is 10.5. The van der Waals surface area contributed by atoms with Gasteiger partial charge < -0.3 is 5.32 Å². The Morgan fingerprint density at radius 2 is 1.54 bits per heavy atom. The second-order valence-corrected chi connectivity index (χ2v) is 10.3. The Kier molecular flexibility index (Phi) is 5.10. The summed E-state index contributed by atoms with van der Waals surface area (Å²) in [6, 6.07) is 12.6. The largest absolute Gasteiger partial charge is 0.433 e. The Labute approximate surface area is 196 Å². The molecule has 0 radical (unpaired) electrons. The number of aromatic nitrogens is 1. The molecule has 1 saturated carbocycles. The molecule has 0 saturated heterocycles. The van der Waals surface area contributed by atoms with Crippen LogP contribution in [0, 0.1) is 0 Å². The first kappa shape index (κ1) is 23.5. The predicted octanol–water partition coefficient (Wildman–Crippen LogP) is 6.15. The van der Waals surface area contributed by atoms with Crippen molar-refractivity contribution < 1.29 is 34.8 Å². The van der Waals surface area contributed by atoms with Gasteiger partial charge >= 0.3 is 12.4 Å². The van der Waals surface area contributed by atoms with Gasteiger partial charge in [-0.3, -0.25) is 4.31 Å². The lowest BCUT2D eigenvalue weighted by Crippen LogP contribution is -2.31. The molecule has 0 atom stereocenters. The van der Waals surface area contributed by atoms with Crippen LogP contribution in [0.15, 0.2) is 65.6 Å². The smallest absolute Gasteiger partial charge is 0.338 e. The molecular weight excluding hydrogens is 496 g/mol. The molecule has 1 fully saturated rings. The summed E-state index contributed by atoms with van der Waals surface area (Å²) in [5.74, 6) is -0.138. The highest BCUT2D eigenvalue weighted by Crippen LogP contribution is 2.59. The van der Waals surface area contributed by atoms with Crippen molar-refractivity contribution in [3.8, 4) is 0 Å². The Hall–Kier alpha value is -3.28. The summed E-state index contributed by atoms with van der Waals surface area (Å²) in [7, 11) is -4.30. The fourth-order valence-electron chi connectivity index (χ4n) is 4.19. The number of benzene rings is 2. The zero-order valence-corrected chi connectivity index (χ0v) is 18.6. The molecule has 0 bridgehead atoms. The molecule has 0 unspecified atom stereocenters. The minimum atomic E-state index is -4.69. The van der Waals surface area contributed by atoms with Gasteiger partial charge in [-0.15, -0.1) is 0 Å². The maximum absolute atomic E-state index is 13.6. The standard InChI is InChI=1S/C23H17F6N3O2S/c24-22(25,26)19-10-5-14-13-32(18-4-2-1-3-17(18)30-20(14)31-19)35(33,34)16-8-6-15(7-9-16)21(11-12-21)23(27,28)29/h1-10H,11-13H2,(H,30,31). The van der Waals surface area contributed by atoms with E-state index in [9.17, 15) is 34.8 Å². The lowest BCUT2D eigenvalue weighted by Gasteiger charge is -2.25. The van der Waals surface area contributed by atoms with Gasteiger partial charge in [0, 0.05) is 5.56 Å². The summed E-state index contributed by atoms with van der Waals surface area (Å²) >= 11 is 0. The van der Waals surface area contributed by atoms with Gasteiger partial charge in [-0.05, 0) is 48.7 Å². The number of anilines is 3. The lowest BCUT2D eigenvalue weighted by atomic mass is 9.95. The molecule has 35 heavy (non-hydrogen) atoms. The van der Waals surface area contributed by atoms with Gasteiger partial charge in [-0.2, -0.15) is 26.3 Å². The van der Waals surface area contributed by atoms with Crippen molar-refractivity contribution in [1.29, 1.82) is 0 Å². The van der Waals surface area contributed by atoms with Crippen molar-refractivity contribution in [3.05, 3.63) is 77.5 Å². The average Bonchev–Trinajstić information content (AvgIpc) is 3.61. The van der Waals surface area contributed by atoms with Gasteiger partial charge in [0.2, 0.25) is 0 Å². The highest BCUT2D eigenvalue weighted by atomic mass is 32.2. The summed E-state index contributed by atoms with van der Waals surface area (Å²) in [4.78, 5) is 3.40. The fourth-order valence-corrected chi connectivity index (χ4v) is 5.66. The normalized spacial score (nSPS) is 17.1. The van der Waals surface area contributed by atoms with Gasteiger partial charge in [0.1, 0.15) is 11.5 Å². The number of fused-ring (bicyclic) bond motifs is 2. The zero-order valence-electron chi connectivity index (χ0n) is 17.8. The van der Waals surface area contributed by atoms with Crippen LogP contribution in [-0.2, 0) is 28.2 Å². The number of alkyl halides is 6. The monoisotopic (exact) mass is 513 g/mol. The summed E-state index contributed by atoms with van der Waals surface area (Å²) in [5.41, 5.74) is -2.51. The third-order valence-electron chi connectivity index (χ3n) is 6.30. The molecule has 12 heteroatoms. The second kappa shape index (κ2) is 7.61. The van der Waals surface area contributed by atoms with E-state index in [1.807, 2.05) is 0 Å². The number of nitrogens with one attached hydrogen (secondary N) is 1. The number of hydrogen-bond acceptors (Lipinski definition) is 4. The van der Waals surface area contributed by atoms with Gasteiger partial charge in [0.25, 0.3) is 10.0 Å². The maximum Gasteiger partial charge on any atom is 0.433 e. The third-order valence-corrected chi connectivity index (χ3v) is 8.07. The topological polar surface area (TPSA) is 62.3 Å². The molecule has 184 valence electrons. The first-order valence-corrected chi connectivity index (χ1v) is 11.9. The van der Waals surface area contributed by atoms with Crippen molar-refractivity contribution in [2.75, 3.05) is 9.62 Å². The van der Waals surface area contributed by atoms with Crippen LogP contribution in [0.4, 0.5) is 43.5 Å². The fraction of sp³-hybridized carbons (Fsp3) is 0.261. The van der Waals surface area contributed by atoms with Crippen molar-refractivity contribution in [3.63, 3.8) is 0 Å².